The van der Waals surface area contributed by atoms with E-state index in [1.807, 2.05) is 4.52 Å². The third-order valence-electron chi connectivity index (χ3n) is 3.98. The van der Waals surface area contributed by atoms with E-state index < -0.39 is 5.82 Å². The summed E-state index contributed by atoms with van der Waals surface area (Å²) in [5.74, 6) is 0.988. The van der Waals surface area contributed by atoms with E-state index in [-0.39, 0.29) is 5.69 Å². The molecule has 2 aromatic heterocycles. The molecule has 5 nitrogen and oxygen atoms in total. The summed E-state index contributed by atoms with van der Waals surface area (Å²) in [5, 5.41) is 13.9. The van der Waals surface area contributed by atoms with Gasteiger partial charge >= 0.3 is 0 Å². The second-order valence-corrected chi connectivity index (χ2v) is 6.33. The van der Waals surface area contributed by atoms with Crippen molar-refractivity contribution >= 4 is 22.0 Å². The number of hydrogen-bond acceptors (Lipinski definition) is 5. The second kappa shape index (κ2) is 4.77. The van der Waals surface area contributed by atoms with Crippen LogP contribution in [0.5, 0.6) is 0 Å². The Bertz CT molecular complexity index is 803. The molecule has 0 atom stereocenters. The fourth-order valence-corrected chi connectivity index (χ4v) is 3.71. The maximum atomic E-state index is 13.3. The van der Waals surface area contributed by atoms with Crippen LogP contribution in [0.2, 0.25) is 0 Å². The Labute approximate surface area is 124 Å². The van der Waals surface area contributed by atoms with Crippen LogP contribution in [-0.2, 0) is 0 Å². The van der Waals surface area contributed by atoms with Crippen molar-refractivity contribution in [3.8, 4) is 10.6 Å². The summed E-state index contributed by atoms with van der Waals surface area (Å²) in [5.41, 5.74) is 6.57. The first-order chi connectivity index (χ1) is 10.2. The highest BCUT2D eigenvalue weighted by atomic mass is 32.1. The number of nitrogens with zero attached hydrogens (tertiary/aromatic N) is 4. The van der Waals surface area contributed by atoms with Crippen LogP contribution in [0.4, 0.5) is 10.1 Å². The maximum absolute atomic E-state index is 13.3. The number of hydrogen-bond donors (Lipinski definition) is 1. The van der Waals surface area contributed by atoms with Gasteiger partial charge in [0.15, 0.2) is 5.82 Å². The van der Waals surface area contributed by atoms with Crippen molar-refractivity contribution in [1.29, 1.82) is 0 Å². The normalized spacial score (nSPS) is 16.0. The van der Waals surface area contributed by atoms with Crippen LogP contribution in [0.3, 0.4) is 0 Å². The second-order valence-electron chi connectivity index (χ2n) is 5.38. The maximum Gasteiger partial charge on any atom is 0.234 e. The van der Waals surface area contributed by atoms with Gasteiger partial charge in [0.25, 0.3) is 0 Å². The number of nitrogens with two attached hydrogens (primary N) is 1. The summed E-state index contributed by atoms with van der Waals surface area (Å²) < 4.78 is 15.1. The number of anilines is 1. The number of aromatic nitrogens is 4. The Balaban J connectivity index is 1.78. The molecule has 0 amide bonds. The number of rotatable bonds is 2. The molecule has 0 bridgehead atoms. The summed E-state index contributed by atoms with van der Waals surface area (Å²) >= 11 is 1.44. The molecule has 1 aromatic carbocycles. The molecule has 1 aliphatic rings. The highest BCUT2D eigenvalue weighted by Gasteiger charge is 2.24. The van der Waals surface area contributed by atoms with E-state index in [0.717, 1.165) is 34.2 Å². The molecule has 108 valence electrons. The van der Waals surface area contributed by atoms with E-state index in [1.54, 1.807) is 12.1 Å². The minimum Gasteiger partial charge on any atom is -0.396 e. The first kappa shape index (κ1) is 12.7. The van der Waals surface area contributed by atoms with Gasteiger partial charge in [0.05, 0.1) is 5.69 Å². The molecule has 0 saturated heterocycles. The molecule has 7 heteroatoms. The Morgan fingerprint density at radius 3 is 2.81 bits per heavy atom. The summed E-state index contributed by atoms with van der Waals surface area (Å²) in [6.07, 6.45) is 4.78. The van der Waals surface area contributed by atoms with E-state index in [0.29, 0.717) is 5.92 Å². The minimum absolute atomic E-state index is 0.134. The molecule has 21 heavy (non-hydrogen) atoms. The molecular weight excluding hydrogens is 289 g/mol. The van der Waals surface area contributed by atoms with Crippen LogP contribution < -0.4 is 5.73 Å². The molecule has 0 spiro atoms. The molecule has 1 fully saturated rings. The zero-order valence-corrected chi connectivity index (χ0v) is 12.1. The molecule has 2 heterocycles. The molecule has 1 aliphatic carbocycles. The van der Waals surface area contributed by atoms with Crippen LogP contribution in [0.1, 0.15) is 37.4 Å². The topological polar surface area (TPSA) is 69.1 Å². The summed E-state index contributed by atoms with van der Waals surface area (Å²) in [6.45, 7) is 0. The first-order valence-electron chi connectivity index (χ1n) is 7.00. The zero-order chi connectivity index (χ0) is 14.4. The van der Waals surface area contributed by atoms with Crippen molar-refractivity contribution in [2.75, 3.05) is 5.73 Å². The van der Waals surface area contributed by atoms with Gasteiger partial charge in [-0.25, -0.2) is 4.39 Å². The van der Waals surface area contributed by atoms with E-state index in [4.69, 9.17) is 5.73 Å². The van der Waals surface area contributed by atoms with Crippen LogP contribution >= 0.6 is 11.3 Å². The van der Waals surface area contributed by atoms with Crippen molar-refractivity contribution < 1.29 is 4.39 Å². The molecule has 2 N–H and O–H groups in total. The lowest BCUT2D eigenvalue weighted by molar-refractivity contribution is 0.632. The molecule has 0 radical (unpaired) electrons. The lowest BCUT2D eigenvalue weighted by atomic mass is 10.1. The first-order valence-corrected chi connectivity index (χ1v) is 7.81. The van der Waals surface area contributed by atoms with Crippen molar-refractivity contribution in [2.24, 2.45) is 0 Å². The lowest BCUT2D eigenvalue weighted by Crippen LogP contribution is -2.01. The number of fused-ring (bicyclic) bond motifs is 1. The van der Waals surface area contributed by atoms with E-state index in [1.165, 1.54) is 30.2 Å². The SMILES string of the molecule is Nc1cc(-c2nn3c(C4CCCC4)nnc3s2)ccc1F. The van der Waals surface area contributed by atoms with Crippen molar-refractivity contribution in [2.45, 2.75) is 31.6 Å². The predicted molar refractivity (Wildman–Crippen MR) is 79.7 cm³/mol. The average Bonchev–Trinajstić information content (AvgIpc) is 3.16. The molecule has 1 saturated carbocycles. The third kappa shape index (κ3) is 2.08. The van der Waals surface area contributed by atoms with Gasteiger partial charge in [-0.15, -0.1) is 10.2 Å². The van der Waals surface area contributed by atoms with Gasteiger partial charge in [-0.3, -0.25) is 0 Å². The molecule has 0 unspecified atom stereocenters. The van der Waals surface area contributed by atoms with E-state index in [2.05, 4.69) is 15.3 Å². The Kier molecular flexibility index (Phi) is 2.88. The van der Waals surface area contributed by atoms with Crippen LogP contribution in [-0.4, -0.2) is 19.8 Å². The average molecular weight is 303 g/mol. The quantitative estimate of drug-likeness (QED) is 0.738. The van der Waals surface area contributed by atoms with E-state index >= 15 is 0 Å². The Morgan fingerprint density at radius 2 is 2.05 bits per heavy atom. The highest BCUT2D eigenvalue weighted by Crippen LogP contribution is 2.35. The van der Waals surface area contributed by atoms with Gasteiger partial charge in [0, 0.05) is 11.5 Å². The molecule has 3 aromatic rings. The predicted octanol–water partition coefficient (Wildman–Crippen LogP) is 3.23. The third-order valence-corrected chi connectivity index (χ3v) is 4.93. The summed E-state index contributed by atoms with van der Waals surface area (Å²) in [4.78, 5) is 0.773. The molecule has 4 rings (SSSR count). The lowest BCUT2D eigenvalue weighted by Gasteiger charge is -2.03. The largest absolute Gasteiger partial charge is 0.396 e. The molecule has 0 aliphatic heterocycles. The summed E-state index contributed by atoms with van der Waals surface area (Å²) in [6, 6.07) is 4.66. The van der Waals surface area contributed by atoms with Crippen LogP contribution in [0.25, 0.3) is 15.5 Å². The van der Waals surface area contributed by atoms with Crippen LogP contribution in [0, 0.1) is 5.82 Å². The smallest absolute Gasteiger partial charge is 0.234 e. The molecular formula is C14H14FN5S. The van der Waals surface area contributed by atoms with Crippen molar-refractivity contribution in [3.05, 3.63) is 29.8 Å². The van der Waals surface area contributed by atoms with Gasteiger partial charge in [-0.1, -0.05) is 24.2 Å². The number of halogens is 1. The minimum atomic E-state index is -0.409. The van der Waals surface area contributed by atoms with Gasteiger partial charge in [0.2, 0.25) is 4.96 Å². The van der Waals surface area contributed by atoms with Gasteiger partial charge < -0.3 is 5.73 Å². The van der Waals surface area contributed by atoms with Gasteiger partial charge in [0.1, 0.15) is 10.8 Å². The highest BCUT2D eigenvalue weighted by molar-refractivity contribution is 7.19. The summed E-state index contributed by atoms with van der Waals surface area (Å²) in [7, 11) is 0. The number of nitrogen functional groups attached to an aromatic ring is 1. The fraction of sp³-hybridized carbons (Fsp3) is 0.357. The van der Waals surface area contributed by atoms with Gasteiger partial charge in [-0.2, -0.15) is 9.61 Å². The Hall–Kier alpha value is -2.02. The van der Waals surface area contributed by atoms with Gasteiger partial charge in [-0.05, 0) is 31.0 Å². The zero-order valence-electron chi connectivity index (χ0n) is 11.3. The van der Waals surface area contributed by atoms with Crippen LogP contribution in [0.15, 0.2) is 18.2 Å². The Morgan fingerprint density at radius 1 is 1.24 bits per heavy atom. The monoisotopic (exact) mass is 303 g/mol. The number of benzene rings is 1. The van der Waals surface area contributed by atoms with Crippen molar-refractivity contribution in [1.82, 2.24) is 19.8 Å². The van der Waals surface area contributed by atoms with E-state index in [9.17, 15) is 4.39 Å². The van der Waals surface area contributed by atoms with Crippen molar-refractivity contribution in [3.63, 3.8) is 0 Å². The standard InChI is InChI=1S/C14H14FN5S/c15-10-6-5-9(7-11(10)16)13-19-20-12(8-3-1-2-4-8)17-18-14(20)21-13/h5-8H,1-4,16H2. The fourth-order valence-electron chi connectivity index (χ4n) is 2.86.